The Morgan fingerprint density at radius 1 is 1.06 bits per heavy atom. The summed E-state index contributed by atoms with van der Waals surface area (Å²) in [5.74, 6) is -0.120. The Morgan fingerprint density at radius 2 is 1.78 bits per heavy atom. The zero-order valence-electron chi connectivity index (χ0n) is 19.5. The van der Waals surface area contributed by atoms with Crippen molar-refractivity contribution in [3.63, 3.8) is 0 Å². The number of hydrogen-bond acceptors (Lipinski definition) is 4. The molecule has 6 nitrogen and oxygen atoms in total. The van der Waals surface area contributed by atoms with Gasteiger partial charge in [-0.05, 0) is 95.2 Å². The molecular formula is C26H34N4O2. The minimum absolute atomic E-state index is 0.120. The number of carbonyl (C=O) groups excluding carboxylic acids is 2. The van der Waals surface area contributed by atoms with Crippen LogP contribution in [0.1, 0.15) is 53.7 Å². The minimum atomic E-state index is -0.404. The highest BCUT2D eigenvalue weighted by Crippen LogP contribution is 2.26. The quantitative estimate of drug-likeness (QED) is 0.449. The first-order chi connectivity index (χ1) is 15.3. The summed E-state index contributed by atoms with van der Waals surface area (Å²) >= 11 is 0. The predicted molar refractivity (Wildman–Crippen MR) is 132 cm³/mol. The van der Waals surface area contributed by atoms with Crippen LogP contribution >= 0.6 is 0 Å². The molecule has 1 unspecified atom stereocenters. The zero-order valence-corrected chi connectivity index (χ0v) is 19.5. The second kappa shape index (κ2) is 10.5. The first-order valence-electron chi connectivity index (χ1n) is 11.2. The van der Waals surface area contributed by atoms with E-state index < -0.39 is 6.04 Å². The van der Waals surface area contributed by atoms with Crippen LogP contribution in [0, 0.1) is 13.8 Å². The van der Waals surface area contributed by atoms with Gasteiger partial charge >= 0.3 is 0 Å². The molecule has 0 bridgehead atoms. The summed E-state index contributed by atoms with van der Waals surface area (Å²) in [5, 5.41) is 3.93. The Hall–Kier alpha value is -3.12. The molecule has 2 heterocycles. The molecule has 1 aliphatic rings. The Bertz CT molecular complexity index is 1100. The topological polar surface area (TPSA) is 80.4 Å². The molecule has 3 aromatic rings. The highest BCUT2D eigenvalue weighted by atomic mass is 16.2. The summed E-state index contributed by atoms with van der Waals surface area (Å²) < 4.78 is 1.93. The molecular weight excluding hydrogens is 400 g/mol. The lowest BCUT2D eigenvalue weighted by Crippen LogP contribution is -2.24. The molecule has 0 spiro atoms. The van der Waals surface area contributed by atoms with Crippen LogP contribution in [0.4, 0.5) is 11.4 Å². The van der Waals surface area contributed by atoms with Gasteiger partial charge in [0.25, 0.3) is 0 Å². The van der Waals surface area contributed by atoms with Crippen LogP contribution < -0.4 is 11.1 Å². The molecule has 6 heteroatoms. The third-order valence-corrected chi connectivity index (χ3v) is 6.09. The molecule has 32 heavy (non-hydrogen) atoms. The van der Waals surface area contributed by atoms with Gasteiger partial charge in [-0.1, -0.05) is 12.5 Å². The van der Waals surface area contributed by atoms with E-state index in [9.17, 15) is 9.59 Å². The van der Waals surface area contributed by atoms with E-state index >= 15 is 0 Å². The van der Waals surface area contributed by atoms with Gasteiger partial charge in [-0.3, -0.25) is 9.59 Å². The number of benzene rings is 2. The van der Waals surface area contributed by atoms with Crippen molar-refractivity contribution in [1.29, 1.82) is 0 Å². The number of aldehydes is 1. The number of likely N-dealkylation sites (tertiary alicyclic amines) is 1. The summed E-state index contributed by atoms with van der Waals surface area (Å²) in [6.07, 6.45) is 7.04. The molecule has 1 aromatic heterocycles. The van der Waals surface area contributed by atoms with Crippen LogP contribution in [0.15, 0.2) is 42.6 Å². The van der Waals surface area contributed by atoms with E-state index in [0.717, 1.165) is 28.3 Å². The molecule has 1 atom stereocenters. The third kappa shape index (κ3) is 5.56. The van der Waals surface area contributed by atoms with Crippen LogP contribution in [0.3, 0.4) is 0 Å². The van der Waals surface area contributed by atoms with Gasteiger partial charge in [0, 0.05) is 34.0 Å². The van der Waals surface area contributed by atoms with Gasteiger partial charge in [0.15, 0.2) is 0 Å². The fourth-order valence-corrected chi connectivity index (χ4v) is 4.03. The van der Waals surface area contributed by atoms with Crippen molar-refractivity contribution in [2.45, 2.75) is 46.1 Å². The number of rotatable bonds is 4. The van der Waals surface area contributed by atoms with Crippen molar-refractivity contribution < 1.29 is 9.59 Å². The molecule has 1 fully saturated rings. The predicted octanol–water partition coefficient (Wildman–Crippen LogP) is 4.95. The second-order valence-corrected chi connectivity index (χ2v) is 8.72. The van der Waals surface area contributed by atoms with Crippen LogP contribution in [0.2, 0.25) is 0 Å². The molecule has 3 N–H and O–H groups in total. The number of anilines is 2. The van der Waals surface area contributed by atoms with Crippen molar-refractivity contribution in [2.75, 3.05) is 31.2 Å². The molecule has 0 saturated carbocycles. The number of hydrogen-bond donors (Lipinski definition) is 2. The average molecular weight is 435 g/mol. The first-order valence-corrected chi connectivity index (χ1v) is 11.2. The number of aromatic nitrogens is 1. The third-order valence-electron chi connectivity index (χ3n) is 6.09. The van der Waals surface area contributed by atoms with Crippen LogP contribution in [-0.2, 0) is 4.79 Å². The number of nitrogen functional groups attached to an aromatic ring is 1. The first kappa shape index (κ1) is 23.5. The minimum Gasteiger partial charge on any atom is -0.399 e. The van der Waals surface area contributed by atoms with Crippen LogP contribution in [0.25, 0.3) is 10.9 Å². The number of amides is 1. The smallest absolute Gasteiger partial charge is 0.247 e. The molecule has 1 aliphatic heterocycles. The van der Waals surface area contributed by atoms with Crippen molar-refractivity contribution in [3.05, 3.63) is 59.3 Å². The Labute approximate surface area is 190 Å². The number of piperidine rings is 1. The van der Waals surface area contributed by atoms with Gasteiger partial charge in [-0.25, -0.2) is 0 Å². The van der Waals surface area contributed by atoms with Gasteiger partial charge < -0.3 is 20.5 Å². The van der Waals surface area contributed by atoms with E-state index in [1.807, 2.05) is 55.8 Å². The number of nitrogens with zero attached hydrogens (tertiary/aromatic N) is 2. The maximum Gasteiger partial charge on any atom is 0.247 e. The zero-order chi connectivity index (χ0) is 23.3. The highest BCUT2D eigenvalue weighted by molar-refractivity contribution is 5.97. The second-order valence-electron chi connectivity index (χ2n) is 8.72. The van der Waals surface area contributed by atoms with Crippen LogP contribution in [-0.4, -0.2) is 41.8 Å². The summed E-state index contributed by atoms with van der Waals surface area (Å²) in [4.78, 5) is 26.1. The fourth-order valence-electron chi connectivity index (χ4n) is 4.03. The molecule has 4 rings (SSSR count). The number of fused-ring (bicyclic) bond motifs is 1. The fraction of sp³-hybridized carbons (Fsp3) is 0.385. The summed E-state index contributed by atoms with van der Waals surface area (Å²) in [7, 11) is 2.19. The number of aryl methyl sites for hydroxylation is 2. The monoisotopic (exact) mass is 434 g/mol. The Morgan fingerprint density at radius 3 is 2.41 bits per heavy atom. The molecule has 0 radical (unpaired) electrons. The lowest BCUT2D eigenvalue weighted by molar-refractivity contribution is -0.118. The van der Waals surface area contributed by atoms with E-state index in [0.29, 0.717) is 16.9 Å². The normalized spacial score (nSPS) is 15.0. The maximum absolute atomic E-state index is 12.7. The van der Waals surface area contributed by atoms with Gasteiger partial charge in [0.1, 0.15) is 12.3 Å². The molecule has 170 valence electrons. The van der Waals surface area contributed by atoms with Gasteiger partial charge in [0.2, 0.25) is 5.91 Å². The summed E-state index contributed by atoms with van der Waals surface area (Å²) in [6, 6.07) is 10.5. The molecule has 1 saturated heterocycles. The van der Waals surface area contributed by atoms with E-state index in [1.54, 1.807) is 12.1 Å². The SMILES string of the molecule is CN1CCCCC1.Cc1ccc(N)cc1NC(=O)C(C)n1cc(C)c2cc(C=O)ccc21. The summed E-state index contributed by atoms with van der Waals surface area (Å²) in [5.41, 5.74) is 10.7. The lowest BCUT2D eigenvalue weighted by atomic mass is 10.1. The van der Waals surface area contributed by atoms with Crippen molar-refractivity contribution in [2.24, 2.45) is 0 Å². The number of nitrogens with one attached hydrogen (secondary N) is 1. The number of carbonyl (C=O) groups is 2. The molecule has 1 amide bonds. The molecule has 2 aromatic carbocycles. The maximum atomic E-state index is 12.7. The Balaban J connectivity index is 0.000000352. The van der Waals surface area contributed by atoms with Crippen molar-refractivity contribution in [3.8, 4) is 0 Å². The Kier molecular flexibility index (Phi) is 7.70. The standard InChI is InChI=1S/C20H21N3O2.C6H13N/c1-12-4-6-16(21)9-18(12)22-20(25)14(3)23-10-13(2)17-8-15(11-24)5-7-19(17)23;1-7-5-3-2-4-6-7/h4-11,14H,21H2,1-3H3,(H,22,25);2-6H2,1H3. The molecule has 0 aliphatic carbocycles. The average Bonchev–Trinajstić information content (AvgIpc) is 3.12. The van der Waals surface area contributed by atoms with Crippen LogP contribution in [0.5, 0.6) is 0 Å². The highest BCUT2D eigenvalue weighted by Gasteiger charge is 2.19. The largest absolute Gasteiger partial charge is 0.399 e. The van der Waals surface area contributed by atoms with Crippen molar-refractivity contribution >= 4 is 34.5 Å². The van der Waals surface area contributed by atoms with Gasteiger partial charge in [-0.2, -0.15) is 0 Å². The lowest BCUT2D eigenvalue weighted by Gasteiger charge is -2.20. The summed E-state index contributed by atoms with van der Waals surface area (Å²) in [6.45, 7) is 8.39. The van der Waals surface area contributed by atoms with Gasteiger partial charge in [-0.15, -0.1) is 0 Å². The van der Waals surface area contributed by atoms with E-state index in [1.165, 1.54) is 32.4 Å². The van der Waals surface area contributed by atoms with E-state index in [2.05, 4.69) is 17.3 Å². The van der Waals surface area contributed by atoms with E-state index in [4.69, 9.17) is 5.73 Å². The number of nitrogens with two attached hydrogens (primary N) is 1. The van der Waals surface area contributed by atoms with Gasteiger partial charge in [0.05, 0.1) is 0 Å². The van der Waals surface area contributed by atoms with E-state index in [-0.39, 0.29) is 5.91 Å². The van der Waals surface area contributed by atoms with Crippen molar-refractivity contribution in [1.82, 2.24) is 9.47 Å².